The topological polar surface area (TPSA) is 54.1 Å². The van der Waals surface area contributed by atoms with Crippen molar-refractivity contribution in [1.29, 1.82) is 0 Å². The van der Waals surface area contributed by atoms with Crippen LogP contribution in [0.1, 0.15) is 11.4 Å². The van der Waals surface area contributed by atoms with E-state index in [1.54, 1.807) is 0 Å². The molecule has 2 aromatic rings. The predicted molar refractivity (Wildman–Crippen MR) is 150 cm³/mol. The Bertz CT molecular complexity index is 817. The number of nitrogens with zero attached hydrogens (tertiary/aromatic N) is 4. The van der Waals surface area contributed by atoms with Crippen molar-refractivity contribution >= 4 is 70.6 Å². The zero-order valence-electron chi connectivity index (χ0n) is 20.1. The van der Waals surface area contributed by atoms with Gasteiger partial charge < -0.3 is 9.47 Å². The van der Waals surface area contributed by atoms with E-state index in [4.69, 9.17) is 9.47 Å². The summed E-state index contributed by atoms with van der Waals surface area (Å²) < 4.78 is 18.1. The van der Waals surface area contributed by atoms with Gasteiger partial charge in [-0.15, -0.1) is 0 Å². The van der Waals surface area contributed by atoms with Gasteiger partial charge in [0.05, 0.1) is 15.0 Å². The molecule has 0 saturated heterocycles. The second-order valence-corrected chi connectivity index (χ2v) is 23.9. The Morgan fingerprint density at radius 3 is 1.71 bits per heavy atom. The fraction of sp³-hybridized carbons (Fsp3) is 0.700. The maximum atomic E-state index is 5.65. The molecule has 0 bridgehead atoms. The Morgan fingerprint density at radius 1 is 0.871 bits per heavy atom. The normalized spacial score (nSPS) is 12.1. The molecule has 11 heteroatoms. The number of hydrogen-bond donors (Lipinski definition) is 0. The number of hydrogen-bond acceptors (Lipinski definition) is 4. The van der Waals surface area contributed by atoms with Crippen LogP contribution in [0.2, 0.25) is 51.4 Å². The van der Waals surface area contributed by atoms with E-state index >= 15 is 0 Å². The molecule has 178 valence electrons. The SMILES string of the molecule is Cc1cc(Br)n(COCC[Si](C)(C)C)n1.Cc1nn(COCC[Si](C)(C)C)c(Br)c1I. The van der Waals surface area contributed by atoms with Gasteiger partial charge in [-0.05, 0) is 86.5 Å². The van der Waals surface area contributed by atoms with Crippen LogP contribution in [0, 0.1) is 17.4 Å². The first-order chi connectivity index (χ1) is 14.2. The van der Waals surface area contributed by atoms with Crippen LogP contribution < -0.4 is 0 Å². The average molecular weight is 708 g/mol. The van der Waals surface area contributed by atoms with E-state index in [0.29, 0.717) is 13.5 Å². The quantitative estimate of drug-likeness (QED) is 0.150. The van der Waals surface area contributed by atoms with E-state index in [9.17, 15) is 0 Å². The third-order valence-corrected chi connectivity index (χ3v) is 11.2. The van der Waals surface area contributed by atoms with Gasteiger partial charge in [0.25, 0.3) is 0 Å². The summed E-state index contributed by atoms with van der Waals surface area (Å²) in [4.78, 5) is 0. The molecular weight excluding hydrogens is 671 g/mol. The van der Waals surface area contributed by atoms with Gasteiger partial charge in [-0.1, -0.05) is 39.3 Å². The molecule has 0 spiro atoms. The molecule has 2 heterocycles. The molecule has 0 unspecified atom stereocenters. The molecule has 0 radical (unpaired) electrons. The van der Waals surface area contributed by atoms with Crippen LogP contribution in [0.15, 0.2) is 15.3 Å². The summed E-state index contributed by atoms with van der Waals surface area (Å²) in [5.41, 5.74) is 2.05. The highest BCUT2D eigenvalue weighted by atomic mass is 127. The highest BCUT2D eigenvalue weighted by Crippen LogP contribution is 2.22. The summed E-state index contributed by atoms with van der Waals surface area (Å²) in [5.74, 6) is 0. The van der Waals surface area contributed by atoms with Crippen LogP contribution in [-0.2, 0) is 22.9 Å². The molecule has 0 aliphatic heterocycles. The molecular formula is C20H37Br2IN4O2Si2. The van der Waals surface area contributed by atoms with Crippen LogP contribution in [0.5, 0.6) is 0 Å². The fourth-order valence-electron chi connectivity index (χ4n) is 2.28. The van der Waals surface area contributed by atoms with Gasteiger partial charge in [0.15, 0.2) is 0 Å². The van der Waals surface area contributed by atoms with Crippen LogP contribution in [0.25, 0.3) is 0 Å². The number of halogens is 3. The van der Waals surface area contributed by atoms with E-state index < -0.39 is 16.1 Å². The molecule has 0 aromatic carbocycles. The summed E-state index contributed by atoms with van der Waals surface area (Å²) in [7, 11) is -1.95. The second kappa shape index (κ2) is 13.4. The lowest BCUT2D eigenvalue weighted by molar-refractivity contribution is 0.0767. The zero-order chi connectivity index (χ0) is 23.8. The maximum Gasteiger partial charge on any atom is 0.140 e. The molecule has 0 aliphatic carbocycles. The molecule has 0 saturated carbocycles. The molecule has 0 N–H and O–H groups in total. The van der Waals surface area contributed by atoms with Crippen molar-refractivity contribution in [3.63, 3.8) is 0 Å². The minimum atomic E-state index is -0.983. The van der Waals surface area contributed by atoms with E-state index in [1.807, 2.05) is 29.3 Å². The number of ether oxygens (including phenoxy) is 2. The molecule has 31 heavy (non-hydrogen) atoms. The Morgan fingerprint density at radius 2 is 1.35 bits per heavy atom. The first-order valence-corrected chi connectivity index (χ1v) is 20.5. The van der Waals surface area contributed by atoms with Crippen LogP contribution in [-0.4, -0.2) is 48.9 Å². The van der Waals surface area contributed by atoms with Crippen LogP contribution in [0.4, 0.5) is 0 Å². The summed E-state index contributed by atoms with van der Waals surface area (Å²) in [6, 6.07) is 4.38. The average Bonchev–Trinajstić information content (AvgIpc) is 3.07. The zero-order valence-corrected chi connectivity index (χ0v) is 27.4. The monoisotopic (exact) mass is 706 g/mol. The first kappa shape index (κ1) is 29.5. The van der Waals surface area contributed by atoms with Crippen molar-refractivity contribution < 1.29 is 9.47 Å². The van der Waals surface area contributed by atoms with Crippen molar-refractivity contribution in [3.8, 4) is 0 Å². The van der Waals surface area contributed by atoms with Crippen molar-refractivity contribution in [2.75, 3.05) is 13.2 Å². The van der Waals surface area contributed by atoms with Gasteiger partial charge in [-0.25, -0.2) is 9.36 Å². The molecule has 2 rings (SSSR count). The van der Waals surface area contributed by atoms with E-state index in [0.717, 1.165) is 37.4 Å². The van der Waals surface area contributed by atoms with E-state index in [1.165, 1.54) is 12.1 Å². The van der Waals surface area contributed by atoms with Gasteiger partial charge in [0, 0.05) is 29.4 Å². The summed E-state index contributed by atoms with van der Waals surface area (Å²) in [6.45, 7) is 20.8. The van der Waals surface area contributed by atoms with E-state index in [-0.39, 0.29) is 0 Å². The third-order valence-electron chi connectivity index (χ3n) is 4.27. The Labute approximate surface area is 220 Å². The smallest absolute Gasteiger partial charge is 0.140 e. The Kier molecular flexibility index (Phi) is 12.7. The fourth-order valence-corrected chi connectivity index (χ4v) is 5.16. The van der Waals surface area contributed by atoms with Crippen molar-refractivity contribution in [2.24, 2.45) is 0 Å². The van der Waals surface area contributed by atoms with E-state index in [2.05, 4.69) is 104 Å². The highest BCUT2D eigenvalue weighted by Gasteiger charge is 2.14. The Hall–Kier alpha value is 0.464. The third kappa shape index (κ3) is 12.5. The maximum absolute atomic E-state index is 5.65. The van der Waals surface area contributed by atoms with Gasteiger partial charge in [0.2, 0.25) is 0 Å². The lowest BCUT2D eigenvalue weighted by Crippen LogP contribution is -2.22. The van der Waals surface area contributed by atoms with Crippen molar-refractivity contribution in [3.05, 3.63) is 30.2 Å². The molecule has 6 nitrogen and oxygen atoms in total. The van der Waals surface area contributed by atoms with Gasteiger partial charge in [0.1, 0.15) is 22.7 Å². The highest BCUT2D eigenvalue weighted by molar-refractivity contribution is 14.1. The van der Waals surface area contributed by atoms with Crippen LogP contribution >= 0.6 is 54.5 Å². The first-order valence-electron chi connectivity index (χ1n) is 10.4. The predicted octanol–water partition coefficient (Wildman–Crippen LogP) is 7.14. The largest absolute Gasteiger partial charge is 0.359 e. The minimum Gasteiger partial charge on any atom is -0.359 e. The van der Waals surface area contributed by atoms with Crippen molar-refractivity contribution in [2.45, 2.75) is 78.7 Å². The van der Waals surface area contributed by atoms with Crippen LogP contribution in [0.3, 0.4) is 0 Å². The van der Waals surface area contributed by atoms with Gasteiger partial charge in [-0.3, -0.25) is 0 Å². The standard InChI is InChI=1S/C10H18BrIN2OSi.C10H19BrN2OSi/c1-8-9(12)10(11)14(13-8)7-15-5-6-16(2,3)4;1-9-7-10(11)13(12-9)8-14-5-6-15(2,3)4/h5-7H2,1-4H3;7H,5-6,8H2,1-4H3. The van der Waals surface area contributed by atoms with Gasteiger partial charge >= 0.3 is 0 Å². The number of aryl methyl sites for hydroxylation is 2. The second-order valence-electron chi connectivity index (χ2n) is 9.99. The molecule has 0 amide bonds. The molecule has 0 fully saturated rings. The molecule has 0 atom stereocenters. The summed E-state index contributed by atoms with van der Waals surface area (Å²) in [5, 5.41) is 8.69. The minimum absolute atomic E-state index is 0.537. The summed E-state index contributed by atoms with van der Waals surface area (Å²) >= 11 is 9.24. The Balaban J connectivity index is 0.000000311. The molecule has 0 aliphatic rings. The van der Waals surface area contributed by atoms with Gasteiger partial charge in [-0.2, -0.15) is 10.2 Å². The molecule has 2 aromatic heterocycles. The number of aromatic nitrogens is 4. The summed E-state index contributed by atoms with van der Waals surface area (Å²) in [6.07, 6.45) is 0. The lowest BCUT2D eigenvalue weighted by atomic mass is 10.5. The number of rotatable bonds is 10. The lowest BCUT2D eigenvalue weighted by Gasteiger charge is -2.15. The van der Waals surface area contributed by atoms with Crippen molar-refractivity contribution in [1.82, 2.24) is 19.6 Å².